The zero-order valence-electron chi connectivity index (χ0n) is 18.9. The van der Waals surface area contributed by atoms with Gasteiger partial charge in [-0.25, -0.2) is 8.42 Å². The number of hydrogen-bond donors (Lipinski definition) is 1. The highest BCUT2D eigenvalue weighted by molar-refractivity contribution is 8.00. The molecule has 8 nitrogen and oxygen atoms in total. The van der Waals surface area contributed by atoms with Gasteiger partial charge in [-0.3, -0.25) is 9.59 Å². The molecule has 0 radical (unpaired) electrons. The van der Waals surface area contributed by atoms with E-state index in [0.29, 0.717) is 6.42 Å². The van der Waals surface area contributed by atoms with E-state index in [-0.39, 0.29) is 22.3 Å². The van der Waals surface area contributed by atoms with Crippen molar-refractivity contribution in [3.63, 3.8) is 0 Å². The summed E-state index contributed by atoms with van der Waals surface area (Å²) in [7, 11) is -3.97. The molecule has 2 aromatic rings. The molecule has 0 saturated carbocycles. The second kappa shape index (κ2) is 10.4. The highest BCUT2D eigenvalue weighted by Crippen LogP contribution is 2.30. The van der Waals surface area contributed by atoms with Gasteiger partial charge in [0.15, 0.2) is 0 Å². The normalized spacial score (nSPS) is 19.8. The number of hydrogen-bond acceptors (Lipinski definition) is 7. The van der Waals surface area contributed by atoms with Gasteiger partial charge < -0.3 is 14.7 Å². The van der Waals surface area contributed by atoms with Crippen LogP contribution in [0.25, 0.3) is 0 Å². The maximum Gasteiger partial charge on any atom is 0.322 e. The lowest BCUT2D eigenvalue weighted by atomic mass is 9.96. The van der Waals surface area contributed by atoms with E-state index in [1.54, 1.807) is 0 Å². The van der Waals surface area contributed by atoms with Crippen molar-refractivity contribution >= 4 is 39.4 Å². The standard InChI is InChI=1S/C24H28N2O6S2/c1-2-21(17-5-7-18(8-6-17)25-13-3-4-14-25)24(29)32-19-9-11-20(12-10-19)34(30,31)26-16-33-15-22(26)23(27)28/h5-12,21-22H,2-4,13-16H2,1H3,(H,27,28)/t21?,22-/m0/s1. The number of thioether (sulfide) groups is 1. The number of rotatable bonds is 8. The van der Waals surface area contributed by atoms with Gasteiger partial charge in [-0.15, -0.1) is 11.8 Å². The van der Waals surface area contributed by atoms with E-state index >= 15 is 0 Å². The maximum atomic E-state index is 12.9. The van der Waals surface area contributed by atoms with Gasteiger partial charge >= 0.3 is 11.9 Å². The smallest absolute Gasteiger partial charge is 0.322 e. The van der Waals surface area contributed by atoms with Crippen molar-refractivity contribution in [2.24, 2.45) is 0 Å². The molecular weight excluding hydrogens is 476 g/mol. The summed E-state index contributed by atoms with van der Waals surface area (Å²) in [6.07, 6.45) is 2.96. The van der Waals surface area contributed by atoms with Crippen LogP contribution in [0.4, 0.5) is 5.69 Å². The molecule has 2 atom stereocenters. The summed E-state index contributed by atoms with van der Waals surface area (Å²) in [6, 6.07) is 12.4. The largest absolute Gasteiger partial charge is 0.480 e. The number of aliphatic carboxylic acids is 1. The van der Waals surface area contributed by atoms with Gasteiger partial charge in [-0.1, -0.05) is 19.1 Å². The molecule has 1 N–H and O–H groups in total. The minimum Gasteiger partial charge on any atom is -0.480 e. The Kier molecular flexibility index (Phi) is 7.49. The van der Waals surface area contributed by atoms with Crippen molar-refractivity contribution in [2.45, 2.75) is 43.0 Å². The Morgan fingerprint density at radius 2 is 1.74 bits per heavy atom. The fraction of sp³-hybridized carbons (Fsp3) is 0.417. The molecule has 4 rings (SSSR count). The summed E-state index contributed by atoms with van der Waals surface area (Å²) < 4.78 is 32.3. The van der Waals surface area contributed by atoms with Gasteiger partial charge in [0.2, 0.25) is 10.0 Å². The lowest BCUT2D eigenvalue weighted by Crippen LogP contribution is -2.41. The van der Waals surface area contributed by atoms with Crippen LogP contribution in [-0.2, 0) is 19.6 Å². The van der Waals surface area contributed by atoms with Crippen LogP contribution >= 0.6 is 11.8 Å². The highest BCUT2D eigenvalue weighted by Gasteiger charge is 2.40. The van der Waals surface area contributed by atoms with Gasteiger partial charge in [-0.2, -0.15) is 4.31 Å². The summed E-state index contributed by atoms with van der Waals surface area (Å²) in [4.78, 5) is 26.5. The second-order valence-corrected chi connectivity index (χ2v) is 11.3. The molecule has 2 aromatic carbocycles. The molecule has 2 aliphatic rings. The first-order valence-electron chi connectivity index (χ1n) is 11.3. The quantitative estimate of drug-likeness (QED) is 0.430. The number of benzene rings is 2. The number of carbonyl (C=O) groups is 2. The lowest BCUT2D eigenvalue weighted by molar-refractivity contribution is -0.140. The first-order valence-corrected chi connectivity index (χ1v) is 13.9. The lowest BCUT2D eigenvalue weighted by Gasteiger charge is -2.20. The van der Waals surface area contributed by atoms with E-state index in [1.807, 2.05) is 31.2 Å². The molecule has 1 unspecified atom stereocenters. The summed E-state index contributed by atoms with van der Waals surface area (Å²) >= 11 is 1.26. The monoisotopic (exact) mass is 504 g/mol. The van der Waals surface area contributed by atoms with Crippen LogP contribution < -0.4 is 9.64 Å². The van der Waals surface area contributed by atoms with E-state index < -0.39 is 33.9 Å². The van der Waals surface area contributed by atoms with Crippen LogP contribution in [0.2, 0.25) is 0 Å². The van der Waals surface area contributed by atoms with Crippen molar-refractivity contribution in [1.29, 1.82) is 0 Å². The Labute approximate surface area is 203 Å². The fourth-order valence-electron chi connectivity index (χ4n) is 4.29. The highest BCUT2D eigenvalue weighted by atomic mass is 32.2. The molecule has 0 aromatic heterocycles. The number of carboxylic acid groups (broad SMARTS) is 1. The predicted molar refractivity (Wildman–Crippen MR) is 131 cm³/mol. The van der Waals surface area contributed by atoms with Crippen LogP contribution in [-0.4, -0.2) is 60.5 Å². The topological polar surface area (TPSA) is 104 Å². The average molecular weight is 505 g/mol. The van der Waals surface area contributed by atoms with Crippen LogP contribution in [0.15, 0.2) is 53.4 Å². The van der Waals surface area contributed by atoms with E-state index in [2.05, 4.69) is 4.90 Å². The fourth-order valence-corrected chi connectivity index (χ4v) is 7.43. The first-order chi connectivity index (χ1) is 16.3. The SMILES string of the molecule is CCC(C(=O)Oc1ccc(S(=O)(=O)N2CSC[C@H]2C(=O)O)cc1)c1ccc(N2CCCC2)cc1. The van der Waals surface area contributed by atoms with Crippen molar-refractivity contribution < 1.29 is 27.9 Å². The number of nitrogens with zero attached hydrogens (tertiary/aromatic N) is 2. The number of anilines is 1. The minimum absolute atomic E-state index is 0.0365. The summed E-state index contributed by atoms with van der Waals surface area (Å²) in [5.74, 6) is -1.48. The zero-order chi connectivity index (χ0) is 24.3. The number of ether oxygens (including phenoxy) is 1. The van der Waals surface area contributed by atoms with Crippen LogP contribution in [0.1, 0.15) is 37.7 Å². The number of carbonyl (C=O) groups excluding carboxylic acids is 1. The Bertz CT molecular complexity index is 1130. The first kappa shape index (κ1) is 24.6. The number of esters is 1. The summed E-state index contributed by atoms with van der Waals surface area (Å²) in [5.41, 5.74) is 2.03. The van der Waals surface area contributed by atoms with Crippen LogP contribution in [0, 0.1) is 0 Å². The van der Waals surface area contributed by atoms with Crippen molar-refractivity contribution in [2.75, 3.05) is 29.6 Å². The van der Waals surface area contributed by atoms with Gasteiger partial charge in [0, 0.05) is 24.5 Å². The zero-order valence-corrected chi connectivity index (χ0v) is 20.6. The predicted octanol–water partition coefficient (Wildman–Crippen LogP) is 3.53. The van der Waals surface area contributed by atoms with Crippen molar-refractivity contribution in [1.82, 2.24) is 4.31 Å². The third-order valence-corrected chi connectivity index (χ3v) is 9.28. The molecule has 10 heteroatoms. The minimum atomic E-state index is -3.97. The molecule has 34 heavy (non-hydrogen) atoms. The molecular formula is C24H28N2O6S2. The van der Waals surface area contributed by atoms with Crippen molar-refractivity contribution in [3.05, 3.63) is 54.1 Å². The molecule has 0 aliphatic carbocycles. The molecule has 0 bridgehead atoms. The van der Waals surface area contributed by atoms with Crippen LogP contribution in [0.3, 0.4) is 0 Å². The Balaban J connectivity index is 1.44. The number of sulfonamides is 1. The second-order valence-electron chi connectivity index (χ2n) is 8.39. The van der Waals surface area contributed by atoms with Gasteiger partial charge in [0.1, 0.15) is 11.8 Å². The average Bonchev–Trinajstić information content (AvgIpc) is 3.53. The molecule has 0 spiro atoms. The Morgan fingerprint density at radius 3 is 2.32 bits per heavy atom. The summed E-state index contributed by atoms with van der Waals surface area (Å²) in [6.45, 7) is 4.03. The maximum absolute atomic E-state index is 12.9. The van der Waals surface area contributed by atoms with Crippen LogP contribution in [0.5, 0.6) is 5.75 Å². The molecule has 0 amide bonds. The molecule has 2 fully saturated rings. The Hall–Kier alpha value is -2.56. The summed E-state index contributed by atoms with van der Waals surface area (Å²) in [5, 5.41) is 9.30. The third kappa shape index (κ3) is 5.08. The van der Waals surface area contributed by atoms with Gasteiger partial charge in [0.25, 0.3) is 0 Å². The van der Waals surface area contributed by atoms with Gasteiger partial charge in [0.05, 0.1) is 16.7 Å². The molecule has 2 aliphatic heterocycles. The number of carboxylic acids is 1. The van der Waals surface area contributed by atoms with Gasteiger partial charge in [-0.05, 0) is 61.2 Å². The third-order valence-electron chi connectivity index (χ3n) is 6.24. The molecule has 2 heterocycles. The molecule has 2 saturated heterocycles. The van der Waals surface area contributed by atoms with Crippen molar-refractivity contribution in [3.8, 4) is 5.75 Å². The van der Waals surface area contributed by atoms with E-state index in [0.717, 1.165) is 28.6 Å². The van der Waals surface area contributed by atoms with E-state index in [1.165, 1.54) is 48.9 Å². The molecule has 182 valence electrons. The Morgan fingerprint density at radius 1 is 1.09 bits per heavy atom. The van der Waals surface area contributed by atoms with E-state index in [9.17, 15) is 23.1 Å². The van der Waals surface area contributed by atoms with E-state index in [4.69, 9.17) is 4.74 Å².